The van der Waals surface area contributed by atoms with Gasteiger partial charge in [0.05, 0.1) is 0 Å². The second-order valence-corrected chi connectivity index (χ2v) is 7.11. The highest BCUT2D eigenvalue weighted by Crippen LogP contribution is 2.30. The number of carbonyl (C=O) groups excluding carboxylic acids is 1. The molecule has 3 heterocycles. The fourth-order valence-electron chi connectivity index (χ4n) is 3.84. The van der Waals surface area contributed by atoms with E-state index in [9.17, 15) is 4.79 Å². The zero-order valence-electron chi connectivity index (χ0n) is 15.3. The number of fused-ring (bicyclic) bond motifs is 3. The van der Waals surface area contributed by atoms with Crippen LogP contribution in [0.1, 0.15) is 12.8 Å². The Balaban J connectivity index is 1.27. The van der Waals surface area contributed by atoms with Crippen LogP contribution in [0.3, 0.4) is 0 Å². The number of rotatable bonds is 3. The van der Waals surface area contributed by atoms with Crippen molar-refractivity contribution in [2.24, 2.45) is 5.92 Å². The van der Waals surface area contributed by atoms with Crippen LogP contribution in [-0.2, 0) is 4.79 Å². The number of para-hydroxylation sites is 1. The molecule has 6 nitrogen and oxygen atoms in total. The summed E-state index contributed by atoms with van der Waals surface area (Å²) in [7, 11) is 0. The fraction of sp³-hybridized carbons (Fsp3) is 0.227. The third-order valence-electron chi connectivity index (χ3n) is 5.35. The minimum absolute atomic E-state index is 0.00803. The molecule has 0 atom stereocenters. The van der Waals surface area contributed by atoms with Gasteiger partial charge in [-0.1, -0.05) is 18.2 Å². The smallest absolute Gasteiger partial charge is 0.227 e. The number of benzene rings is 2. The molecule has 0 aliphatic carbocycles. The van der Waals surface area contributed by atoms with E-state index in [1.54, 1.807) is 12.4 Å². The molecule has 4 aromatic rings. The van der Waals surface area contributed by atoms with Gasteiger partial charge in [0.2, 0.25) is 11.9 Å². The third kappa shape index (κ3) is 3.07. The Morgan fingerprint density at radius 2 is 1.71 bits per heavy atom. The summed E-state index contributed by atoms with van der Waals surface area (Å²) in [6.07, 6.45) is 5.07. The van der Waals surface area contributed by atoms with Crippen molar-refractivity contribution >= 4 is 39.5 Å². The molecule has 1 amide bonds. The first kappa shape index (κ1) is 16.7. The Kier molecular flexibility index (Phi) is 4.16. The number of piperidine rings is 1. The first-order valence-corrected chi connectivity index (χ1v) is 9.52. The van der Waals surface area contributed by atoms with Gasteiger partial charge in [0.1, 0.15) is 11.2 Å². The molecule has 0 unspecified atom stereocenters. The zero-order valence-corrected chi connectivity index (χ0v) is 15.3. The van der Waals surface area contributed by atoms with Gasteiger partial charge in [-0.3, -0.25) is 4.79 Å². The second kappa shape index (κ2) is 6.96. The van der Waals surface area contributed by atoms with Crippen molar-refractivity contribution in [2.75, 3.05) is 23.3 Å². The Labute approximate surface area is 162 Å². The molecule has 6 heteroatoms. The summed E-state index contributed by atoms with van der Waals surface area (Å²) < 4.78 is 5.91. The van der Waals surface area contributed by atoms with Gasteiger partial charge in [0.25, 0.3) is 0 Å². The van der Waals surface area contributed by atoms with E-state index >= 15 is 0 Å². The number of hydrogen-bond acceptors (Lipinski definition) is 5. The summed E-state index contributed by atoms with van der Waals surface area (Å²) in [5, 5.41) is 5.20. The number of hydrogen-bond donors (Lipinski definition) is 1. The van der Waals surface area contributed by atoms with Crippen molar-refractivity contribution in [2.45, 2.75) is 12.8 Å². The predicted octanol–water partition coefficient (Wildman–Crippen LogP) is 4.23. The van der Waals surface area contributed by atoms with Crippen LogP contribution in [-0.4, -0.2) is 29.0 Å². The molecule has 1 N–H and O–H groups in total. The molecule has 140 valence electrons. The Hall–Kier alpha value is -3.41. The van der Waals surface area contributed by atoms with E-state index in [0.29, 0.717) is 0 Å². The average molecular weight is 372 g/mol. The molecule has 2 aromatic carbocycles. The van der Waals surface area contributed by atoms with E-state index in [4.69, 9.17) is 4.42 Å². The second-order valence-electron chi connectivity index (χ2n) is 7.11. The third-order valence-corrected chi connectivity index (χ3v) is 5.35. The maximum Gasteiger partial charge on any atom is 0.227 e. The van der Waals surface area contributed by atoms with Crippen molar-refractivity contribution in [3.05, 3.63) is 60.9 Å². The van der Waals surface area contributed by atoms with Gasteiger partial charge in [-0.05, 0) is 37.1 Å². The molecule has 0 bridgehead atoms. The maximum atomic E-state index is 12.7. The SMILES string of the molecule is O=C(Nc1ccc2c(c1)oc1ccccc12)C1CCN(c2ncccn2)CC1. The summed E-state index contributed by atoms with van der Waals surface area (Å²) in [4.78, 5) is 23.4. The summed E-state index contributed by atoms with van der Waals surface area (Å²) in [5.74, 6) is 0.784. The molecule has 1 aliphatic rings. The van der Waals surface area contributed by atoms with Gasteiger partial charge in [-0.25, -0.2) is 9.97 Å². The topological polar surface area (TPSA) is 71.3 Å². The van der Waals surface area contributed by atoms with Crippen molar-refractivity contribution in [1.82, 2.24) is 9.97 Å². The normalized spacial score (nSPS) is 15.2. The number of aromatic nitrogens is 2. The molecule has 28 heavy (non-hydrogen) atoms. The summed E-state index contributed by atoms with van der Waals surface area (Å²) in [5.41, 5.74) is 2.41. The maximum absolute atomic E-state index is 12.7. The zero-order chi connectivity index (χ0) is 18.9. The van der Waals surface area contributed by atoms with Crippen molar-refractivity contribution in [1.29, 1.82) is 0 Å². The molecule has 1 saturated heterocycles. The number of nitrogens with zero attached hydrogens (tertiary/aromatic N) is 3. The highest BCUT2D eigenvalue weighted by atomic mass is 16.3. The number of nitrogens with one attached hydrogen (secondary N) is 1. The van der Waals surface area contributed by atoms with E-state index in [0.717, 1.165) is 59.5 Å². The average Bonchev–Trinajstić information content (AvgIpc) is 3.12. The van der Waals surface area contributed by atoms with Crippen LogP contribution < -0.4 is 10.2 Å². The van der Waals surface area contributed by atoms with E-state index in [1.807, 2.05) is 48.5 Å². The Bertz CT molecular complexity index is 1130. The van der Waals surface area contributed by atoms with Gasteiger partial charge < -0.3 is 14.6 Å². The minimum atomic E-state index is -0.00803. The van der Waals surface area contributed by atoms with Crippen LogP contribution in [0.25, 0.3) is 21.9 Å². The van der Waals surface area contributed by atoms with Crippen LogP contribution >= 0.6 is 0 Å². The Morgan fingerprint density at radius 1 is 0.964 bits per heavy atom. The molecule has 1 fully saturated rings. The van der Waals surface area contributed by atoms with Gasteiger partial charge in [0.15, 0.2) is 0 Å². The molecule has 0 saturated carbocycles. The summed E-state index contributed by atoms with van der Waals surface area (Å²) in [6.45, 7) is 1.56. The number of furan rings is 1. The summed E-state index contributed by atoms with van der Waals surface area (Å²) >= 11 is 0. The van der Waals surface area contributed by atoms with Crippen LogP contribution in [0.4, 0.5) is 11.6 Å². The predicted molar refractivity (Wildman–Crippen MR) is 109 cm³/mol. The molecule has 5 rings (SSSR count). The largest absolute Gasteiger partial charge is 0.456 e. The van der Waals surface area contributed by atoms with E-state index in [2.05, 4.69) is 20.2 Å². The quantitative estimate of drug-likeness (QED) is 0.583. The lowest BCUT2D eigenvalue weighted by molar-refractivity contribution is -0.120. The van der Waals surface area contributed by atoms with Gasteiger partial charge in [0, 0.05) is 53.9 Å². The van der Waals surface area contributed by atoms with Crippen LogP contribution in [0.5, 0.6) is 0 Å². The lowest BCUT2D eigenvalue weighted by Gasteiger charge is -2.31. The van der Waals surface area contributed by atoms with E-state index < -0.39 is 0 Å². The van der Waals surface area contributed by atoms with Crippen molar-refractivity contribution < 1.29 is 9.21 Å². The van der Waals surface area contributed by atoms with Gasteiger partial charge in [-0.15, -0.1) is 0 Å². The lowest BCUT2D eigenvalue weighted by atomic mass is 9.96. The minimum Gasteiger partial charge on any atom is -0.456 e. The monoisotopic (exact) mass is 372 g/mol. The van der Waals surface area contributed by atoms with Crippen molar-refractivity contribution in [3.8, 4) is 0 Å². The van der Waals surface area contributed by atoms with Crippen LogP contribution in [0, 0.1) is 5.92 Å². The van der Waals surface area contributed by atoms with Gasteiger partial charge in [-0.2, -0.15) is 0 Å². The number of anilines is 2. The first-order chi connectivity index (χ1) is 13.8. The summed E-state index contributed by atoms with van der Waals surface area (Å²) in [6, 6.07) is 15.6. The van der Waals surface area contributed by atoms with E-state index in [-0.39, 0.29) is 11.8 Å². The molecule has 2 aromatic heterocycles. The van der Waals surface area contributed by atoms with Gasteiger partial charge >= 0.3 is 0 Å². The molecule has 0 spiro atoms. The highest BCUT2D eigenvalue weighted by Gasteiger charge is 2.26. The standard InChI is InChI=1S/C22H20N4O2/c27-21(15-8-12-26(13-9-15)22-23-10-3-11-24-22)25-16-6-7-18-17-4-1-2-5-19(17)28-20(18)14-16/h1-7,10-11,14-15H,8-9,12-13H2,(H,25,27). The fourth-order valence-corrected chi connectivity index (χ4v) is 3.84. The highest BCUT2D eigenvalue weighted by molar-refractivity contribution is 6.06. The molecular formula is C22H20N4O2. The van der Waals surface area contributed by atoms with Crippen molar-refractivity contribution in [3.63, 3.8) is 0 Å². The number of amides is 1. The molecular weight excluding hydrogens is 352 g/mol. The Morgan fingerprint density at radius 3 is 2.54 bits per heavy atom. The molecule has 1 aliphatic heterocycles. The van der Waals surface area contributed by atoms with Crippen LogP contribution in [0.15, 0.2) is 65.3 Å². The van der Waals surface area contributed by atoms with Crippen LogP contribution in [0.2, 0.25) is 0 Å². The van der Waals surface area contributed by atoms with E-state index in [1.165, 1.54) is 0 Å². The lowest BCUT2D eigenvalue weighted by Crippen LogP contribution is -2.39. The first-order valence-electron chi connectivity index (χ1n) is 9.52. The molecule has 0 radical (unpaired) electrons. The number of carbonyl (C=O) groups is 1.